The van der Waals surface area contributed by atoms with E-state index in [1.165, 1.54) is 5.56 Å². The Labute approximate surface area is 90.1 Å². The summed E-state index contributed by atoms with van der Waals surface area (Å²) < 4.78 is 0. The number of nitrogens with zero attached hydrogens (tertiary/aromatic N) is 1. The van der Waals surface area contributed by atoms with Crippen molar-refractivity contribution in [2.45, 2.75) is 26.4 Å². The zero-order valence-corrected chi connectivity index (χ0v) is 9.37. The fourth-order valence-electron chi connectivity index (χ4n) is 1.38. The molecule has 0 saturated heterocycles. The Morgan fingerprint density at radius 2 is 1.93 bits per heavy atom. The van der Waals surface area contributed by atoms with E-state index in [0.717, 1.165) is 11.4 Å². The standard InChI is InChI=1S/C12H16N2O/c1-9-4-6-10(7-5-9)11-13-8-12(2,3)15-14-11/h4-7H,8H2,1-3H3,(H,13,14). The number of hydrogen-bond acceptors (Lipinski definition) is 3. The molecular formula is C12H16N2O. The summed E-state index contributed by atoms with van der Waals surface area (Å²) in [5.41, 5.74) is 4.99. The molecule has 0 fully saturated rings. The minimum atomic E-state index is -0.214. The number of amidine groups is 1. The fraction of sp³-hybridized carbons (Fsp3) is 0.417. The molecule has 1 N–H and O–H groups in total. The number of benzene rings is 1. The van der Waals surface area contributed by atoms with Gasteiger partial charge >= 0.3 is 0 Å². The van der Waals surface area contributed by atoms with Gasteiger partial charge in [-0.1, -0.05) is 29.8 Å². The lowest BCUT2D eigenvalue weighted by atomic mass is 10.1. The van der Waals surface area contributed by atoms with Crippen LogP contribution < -0.4 is 5.48 Å². The van der Waals surface area contributed by atoms with Crippen molar-refractivity contribution in [3.63, 3.8) is 0 Å². The van der Waals surface area contributed by atoms with Gasteiger partial charge in [-0.05, 0) is 20.8 Å². The highest BCUT2D eigenvalue weighted by Crippen LogP contribution is 2.14. The van der Waals surface area contributed by atoms with Crippen LogP contribution in [0.25, 0.3) is 0 Å². The number of nitrogens with one attached hydrogen (secondary N) is 1. The number of hydroxylamine groups is 1. The average molecular weight is 204 g/mol. The Morgan fingerprint density at radius 1 is 1.27 bits per heavy atom. The van der Waals surface area contributed by atoms with E-state index in [2.05, 4.69) is 29.5 Å². The molecule has 2 rings (SSSR count). The molecule has 0 amide bonds. The van der Waals surface area contributed by atoms with Crippen LogP contribution in [0.1, 0.15) is 25.0 Å². The van der Waals surface area contributed by atoms with Gasteiger partial charge < -0.3 is 0 Å². The Balaban J connectivity index is 2.19. The molecule has 1 aliphatic rings. The van der Waals surface area contributed by atoms with Crippen LogP contribution in [0.2, 0.25) is 0 Å². The third kappa shape index (κ3) is 2.36. The normalized spacial score (nSPS) is 19.3. The summed E-state index contributed by atoms with van der Waals surface area (Å²) in [7, 11) is 0. The van der Waals surface area contributed by atoms with Gasteiger partial charge in [-0.25, -0.2) is 5.48 Å². The summed E-state index contributed by atoms with van der Waals surface area (Å²) >= 11 is 0. The van der Waals surface area contributed by atoms with E-state index in [1.54, 1.807) is 0 Å². The van der Waals surface area contributed by atoms with Crippen LogP contribution in [0, 0.1) is 6.92 Å². The largest absolute Gasteiger partial charge is 0.267 e. The van der Waals surface area contributed by atoms with Crippen LogP contribution >= 0.6 is 0 Å². The third-order valence-electron chi connectivity index (χ3n) is 2.37. The molecular weight excluding hydrogens is 188 g/mol. The number of hydrogen-bond donors (Lipinski definition) is 1. The van der Waals surface area contributed by atoms with E-state index in [4.69, 9.17) is 4.84 Å². The minimum Gasteiger partial charge on any atom is -0.267 e. The van der Waals surface area contributed by atoms with Gasteiger partial charge in [0.25, 0.3) is 0 Å². The molecule has 0 radical (unpaired) electrons. The first-order valence-corrected chi connectivity index (χ1v) is 5.12. The highest BCUT2D eigenvalue weighted by atomic mass is 16.7. The second-order valence-electron chi connectivity index (χ2n) is 4.49. The first-order chi connectivity index (χ1) is 7.07. The molecule has 0 bridgehead atoms. The maximum atomic E-state index is 5.48. The van der Waals surface area contributed by atoms with Crippen LogP contribution in [0.5, 0.6) is 0 Å². The van der Waals surface area contributed by atoms with Gasteiger partial charge in [0.15, 0.2) is 5.84 Å². The highest BCUT2D eigenvalue weighted by molar-refractivity contribution is 5.98. The first kappa shape index (κ1) is 10.2. The maximum absolute atomic E-state index is 5.48. The van der Waals surface area contributed by atoms with Crippen molar-refractivity contribution in [3.8, 4) is 0 Å². The maximum Gasteiger partial charge on any atom is 0.152 e. The third-order valence-corrected chi connectivity index (χ3v) is 2.37. The van der Waals surface area contributed by atoms with Gasteiger partial charge in [0.1, 0.15) is 5.60 Å². The van der Waals surface area contributed by atoms with E-state index in [0.29, 0.717) is 6.54 Å². The molecule has 0 atom stereocenters. The van der Waals surface area contributed by atoms with E-state index >= 15 is 0 Å². The van der Waals surface area contributed by atoms with Gasteiger partial charge in [-0.2, -0.15) is 0 Å². The molecule has 1 aromatic rings. The quantitative estimate of drug-likeness (QED) is 0.759. The summed E-state index contributed by atoms with van der Waals surface area (Å²) in [6, 6.07) is 8.23. The van der Waals surface area contributed by atoms with Crippen LogP contribution in [0.3, 0.4) is 0 Å². The van der Waals surface area contributed by atoms with E-state index in [1.807, 2.05) is 26.0 Å². The van der Waals surface area contributed by atoms with Crippen molar-refractivity contribution in [2.75, 3.05) is 6.54 Å². The Hall–Kier alpha value is -1.35. The second kappa shape index (κ2) is 3.66. The smallest absolute Gasteiger partial charge is 0.152 e. The molecule has 0 unspecified atom stereocenters. The van der Waals surface area contributed by atoms with Crippen LogP contribution in [-0.4, -0.2) is 18.0 Å². The van der Waals surface area contributed by atoms with Gasteiger partial charge in [0.05, 0.1) is 6.54 Å². The first-order valence-electron chi connectivity index (χ1n) is 5.12. The molecule has 0 aliphatic carbocycles. The van der Waals surface area contributed by atoms with Crippen molar-refractivity contribution in [1.82, 2.24) is 5.48 Å². The van der Waals surface area contributed by atoms with Crippen molar-refractivity contribution >= 4 is 5.84 Å². The molecule has 80 valence electrons. The summed E-state index contributed by atoms with van der Waals surface area (Å²) in [5, 5.41) is 0. The highest BCUT2D eigenvalue weighted by Gasteiger charge is 2.24. The molecule has 1 aromatic carbocycles. The van der Waals surface area contributed by atoms with Gasteiger partial charge in [-0.15, -0.1) is 0 Å². The molecule has 0 spiro atoms. The van der Waals surface area contributed by atoms with E-state index in [-0.39, 0.29) is 5.60 Å². The van der Waals surface area contributed by atoms with Gasteiger partial charge in [0, 0.05) is 5.56 Å². The predicted molar refractivity (Wildman–Crippen MR) is 60.9 cm³/mol. The summed E-state index contributed by atoms with van der Waals surface area (Å²) in [6.45, 7) is 6.77. The van der Waals surface area contributed by atoms with E-state index in [9.17, 15) is 0 Å². The van der Waals surface area contributed by atoms with Gasteiger partial charge in [0.2, 0.25) is 0 Å². The average Bonchev–Trinajstić information content (AvgIpc) is 2.20. The predicted octanol–water partition coefficient (Wildman–Crippen LogP) is 2.06. The van der Waals surface area contributed by atoms with Crippen molar-refractivity contribution in [3.05, 3.63) is 35.4 Å². The Bertz CT molecular complexity index is 379. The Kier molecular flexibility index (Phi) is 2.49. The summed E-state index contributed by atoms with van der Waals surface area (Å²) in [5.74, 6) is 0.814. The van der Waals surface area contributed by atoms with Crippen LogP contribution in [-0.2, 0) is 4.84 Å². The SMILES string of the molecule is Cc1ccc(C2=NCC(C)(C)ON2)cc1. The number of aryl methyl sites for hydroxylation is 1. The number of rotatable bonds is 1. The molecule has 0 saturated carbocycles. The lowest BCUT2D eigenvalue weighted by Gasteiger charge is -2.28. The molecule has 0 aromatic heterocycles. The second-order valence-corrected chi connectivity index (χ2v) is 4.49. The van der Waals surface area contributed by atoms with Crippen LogP contribution in [0.4, 0.5) is 0 Å². The van der Waals surface area contributed by atoms with Crippen LogP contribution in [0.15, 0.2) is 29.3 Å². The lowest BCUT2D eigenvalue weighted by Crippen LogP contribution is -2.43. The fourth-order valence-corrected chi connectivity index (χ4v) is 1.38. The Morgan fingerprint density at radius 3 is 2.47 bits per heavy atom. The zero-order valence-electron chi connectivity index (χ0n) is 9.37. The number of aliphatic imine (C=N–C) groups is 1. The van der Waals surface area contributed by atoms with Crippen molar-refractivity contribution in [2.24, 2.45) is 4.99 Å². The summed E-state index contributed by atoms with van der Waals surface area (Å²) in [6.07, 6.45) is 0. The minimum absolute atomic E-state index is 0.214. The zero-order chi connectivity index (χ0) is 10.9. The van der Waals surface area contributed by atoms with Gasteiger partial charge in [-0.3, -0.25) is 9.83 Å². The van der Waals surface area contributed by atoms with E-state index < -0.39 is 0 Å². The monoisotopic (exact) mass is 204 g/mol. The van der Waals surface area contributed by atoms with Crippen molar-refractivity contribution < 1.29 is 4.84 Å². The molecule has 1 aliphatic heterocycles. The molecule has 3 nitrogen and oxygen atoms in total. The summed E-state index contributed by atoms with van der Waals surface area (Å²) in [4.78, 5) is 9.94. The topological polar surface area (TPSA) is 33.6 Å². The molecule has 3 heteroatoms. The lowest BCUT2D eigenvalue weighted by molar-refractivity contribution is -0.0571. The molecule has 1 heterocycles. The van der Waals surface area contributed by atoms with Crippen molar-refractivity contribution in [1.29, 1.82) is 0 Å². The molecule has 15 heavy (non-hydrogen) atoms.